The zero-order chi connectivity index (χ0) is 33.0. The zero-order valence-electron chi connectivity index (χ0n) is 28.1. The van der Waals surface area contributed by atoms with E-state index in [1.165, 1.54) is 82.0 Å². The van der Waals surface area contributed by atoms with Crippen molar-refractivity contribution < 1.29 is 40.1 Å². The van der Waals surface area contributed by atoms with Gasteiger partial charge in [-0.05, 0) is 58.2 Å². The number of hydrogen-bond acceptors (Lipinski definition) is 11. The Bertz CT molecular complexity index is 848. The largest absolute Gasteiger partial charge is 0.394 e. The van der Waals surface area contributed by atoms with E-state index < -0.39 is 55.6 Å². The van der Waals surface area contributed by atoms with Gasteiger partial charge in [0, 0.05) is 6.20 Å². The van der Waals surface area contributed by atoms with E-state index in [2.05, 4.69) is 29.1 Å². The molecule has 1 fully saturated rings. The standard InChI is InChI=1S/C33H64N4O8/c1-4-7-9-11-15-19-36(20-16-12-10-8-5-2)21-17-13-14-18-25-22-37(35-34-25)26(29(40)27(39)6-3)24-44-33-32(43)31(42)30(41)28(23-38)45-33/h22,26-33,38-43H,4-21,23-24H2,1-3H3/t26-,27+,28?,29-,30?,31?,32?,33?/m0/s1. The third kappa shape index (κ3) is 14.2. The fourth-order valence-electron chi connectivity index (χ4n) is 5.85. The fraction of sp³-hybridized carbons (Fsp3) is 0.939. The molecule has 0 aliphatic carbocycles. The van der Waals surface area contributed by atoms with Crippen LogP contribution in [-0.4, -0.2) is 126 Å². The van der Waals surface area contributed by atoms with E-state index >= 15 is 0 Å². The van der Waals surface area contributed by atoms with Gasteiger partial charge in [-0.15, -0.1) is 5.10 Å². The lowest BCUT2D eigenvalue weighted by molar-refractivity contribution is -0.304. The summed E-state index contributed by atoms with van der Waals surface area (Å²) in [5.74, 6) is 0. The third-order valence-corrected chi connectivity index (χ3v) is 8.95. The average molecular weight is 645 g/mol. The Morgan fingerprint density at radius 1 is 0.822 bits per heavy atom. The van der Waals surface area contributed by atoms with Crippen LogP contribution in [0.2, 0.25) is 0 Å². The molecule has 12 nitrogen and oxygen atoms in total. The predicted molar refractivity (Wildman–Crippen MR) is 173 cm³/mol. The summed E-state index contributed by atoms with van der Waals surface area (Å²) < 4.78 is 12.6. The number of aryl methyl sites for hydroxylation is 1. The number of ether oxygens (including phenoxy) is 2. The zero-order valence-corrected chi connectivity index (χ0v) is 28.1. The second-order valence-electron chi connectivity index (χ2n) is 12.7. The van der Waals surface area contributed by atoms with Gasteiger partial charge in [0.2, 0.25) is 0 Å². The Morgan fingerprint density at radius 3 is 1.96 bits per heavy atom. The Hall–Kier alpha value is -1.22. The summed E-state index contributed by atoms with van der Waals surface area (Å²) >= 11 is 0. The van der Waals surface area contributed by atoms with E-state index in [1.54, 1.807) is 13.1 Å². The molecule has 6 N–H and O–H groups in total. The Labute approximate surface area is 270 Å². The molecule has 0 amide bonds. The van der Waals surface area contributed by atoms with Crippen LogP contribution in [0.5, 0.6) is 0 Å². The highest BCUT2D eigenvalue weighted by Crippen LogP contribution is 2.25. The minimum atomic E-state index is -1.58. The maximum Gasteiger partial charge on any atom is 0.186 e. The van der Waals surface area contributed by atoms with Crippen molar-refractivity contribution in [1.29, 1.82) is 0 Å². The second kappa shape index (κ2) is 23.2. The lowest BCUT2D eigenvalue weighted by Crippen LogP contribution is -2.59. The van der Waals surface area contributed by atoms with E-state index in [-0.39, 0.29) is 6.61 Å². The van der Waals surface area contributed by atoms with E-state index in [4.69, 9.17) is 9.47 Å². The van der Waals surface area contributed by atoms with Crippen molar-refractivity contribution in [3.63, 3.8) is 0 Å². The SMILES string of the molecule is CCCCCCCN(CCCCCCC)CCCCCc1cn([C@@H](COC2OC(CO)C(O)C(O)C2O)[C@H](O)[C@H](O)CC)nn1. The maximum absolute atomic E-state index is 10.9. The lowest BCUT2D eigenvalue weighted by atomic mass is 9.99. The summed E-state index contributed by atoms with van der Waals surface area (Å²) in [6.45, 7) is 8.94. The van der Waals surface area contributed by atoms with Crippen molar-refractivity contribution in [2.45, 2.75) is 166 Å². The summed E-state index contributed by atoms with van der Waals surface area (Å²) in [6.07, 6.45) is 9.57. The molecule has 12 heteroatoms. The second-order valence-corrected chi connectivity index (χ2v) is 12.7. The molecule has 1 aromatic rings. The van der Waals surface area contributed by atoms with Crippen LogP contribution in [0.25, 0.3) is 0 Å². The Kier molecular flexibility index (Phi) is 20.6. The predicted octanol–water partition coefficient (Wildman–Crippen LogP) is 2.72. The molecule has 45 heavy (non-hydrogen) atoms. The van der Waals surface area contributed by atoms with Crippen LogP contribution in [0.1, 0.15) is 122 Å². The maximum atomic E-state index is 10.9. The molecule has 0 radical (unpaired) electrons. The van der Waals surface area contributed by atoms with Crippen molar-refractivity contribution in [3.05, 3.63) is 11.9 Å². The van der Waals surface area contributed by atoms with Crippen molar-refractivity contribution in [2.75, 3.05) is 32.8 Å². The van der Waals surface area contributed by atoms with Gasteiger partial charge in [0.15, 0.2) is 6.29 Å². The van der Waals surface area contributed by atoms with Gasteiger partial charge in [0.1, 0.15) is 36.6 Å². The van der Waals surface area contributed by atoms with Crippen LogP contribution in [0.3, 0.4) is 0 Å². The van der Waals surface area contributed by atoms with Crippen molar-refractivity contribution in [3.8, 4) is 0 Å². The van der Waals surface area contributed by atoms with Crippen LogP contribution < -0.4 is 0 Å². The van der Waals surface area contributed by atoms with Crippen molar-refractivity contribution in [1.82, 2.24) is 19.9 Å². The van der Waals surface area contributed by atoms with E-state index in [9.17, 15) is 30.6 Å². The van der Waals surface area contributed by atoms with Crippen molar-refractivity contribution in [2.24, 2.45) is 0 Å². The molecular formula is C33H64N4O8. The summed E-state index contributed by atoms with van der Waals surface area (Å²) in [5, 5.41) is 69.7. The first-order valence-electron chi connectivity index (χ1n) is 17.7. The number of aliphatic hydroxyl groups excluding tert-OH is 6. The van der Waals surface area contributed by atoms with Crippen molar-refractivity contribution >= 4 is 0 Å². The number of hydrogen-bond donors (Lipinski definition) is 6. The van der Waals surface area contributed by atoms with Gasteiger partial charge < -0.3 is 45.0 Å². The van der Waals surface area contributed by atoms with Crippen LogP contribution in [0.15, 0.2) is 6.20 Å². The van der Waals surface area contributed by atoms with Gasteiger partial charge in [-0.3, -0.25) is 0 Å². The molecule has 8 atom stereocenters. The quantitative estimate of drug-likeness (QED) is 0.0819. The van der Waals surface area contributed by atoms with Gasteiger partial charge in [-0.25, -0.2) is 4.68 Å². The first-order valence-corrected chi connectivity index (χ1v) is 17.7. The van der Waals surface area contributed by atoms with E-state index in [1.807, 2.05) is 0 Å². The highest BCUT2D eigenvalue weighted by atomic mass is 16.7. The van der Waals surface area contributed by atoms with E-state index in [0.29, 0.717) is 6.42 Å². The molecule has 0 bridgehead atoms. The van der Waals surface area contributed by atoms with Gasteiger partial charge >= 0.3 is 0 Å². The lowest BCUT2D eigenvalue weighted by Gasteiger charge is -2.40. The fourth-order valence-corrected chi connectivity index (χ4v) is 5.85. The molecule has 2 rings (SSSR count). The smallest absolute Gasteiger partial charge is 0.186 e. The summed E-state index contributed by atoms with van der Waals surface area (Å²) in [6, 6.07) is -0.850. The molecule has 0 aromatic carbocycles. The molecular weight excluding hydrogens is 580 g/mol. The molecule has 1 aromatic heterocycles. The minimum absolute atomic E-state index is 0.226. The summed E-state index contributed by atoms with van der Waals surface area (Å²) in [5.41, 5.74) is 0.773. The minimum Gasteiger partial charge on any atom is -0.394 e. The molecule has 264 valence electrons. The number of unbranched alkanes of at least 4 members (excludes halogenated alkanes) is 10. The first-order chi connectivity index (χ1) is 21.8. The topological polar surface area (TPSA) is 174 Å². The molecule has 1 aliphatic rings. The third-order valence-electron chi connectivity index (χ3n) is 8.95. The molecule has 0 saturated carbocycles. The van der Waals surface area contributed by atoms with Crippen LogP contribution in [-0.2, 0) is 15.9 Å². The van der Waals surface area contributed by atoms with Crippen LogP contribution >= 0.6 is 0 Å². The Morgan fingerprint density at radius 2 is 1.40 bits per heavy atom. The first kappa shape index (κ1) is 40.0. The molecule has 5 unspecified atom stereocenters. The summed E-state index contributed by atoms with van der Waals surface area (Å²) in [7, 11) is 0. The number of aliphatic hydroxyl groups is 6. The van der Waals surface area contributed by atoms with E-state index in [0.717, 1.165) is 37.9 Å². The van der Waals surface area contributed by atoms with Crippen LogP contribution in [0, 0.1) is 0 Å². The number of rotatable bonds is 26. The molecule has 2 heterocycles. The monoisotopic (exact) mass is 644 g/mol. The van der Waals surface area contributed by atoms with Gasteiger partial charge in [-0.2, -0.15) is 0 Å². The Balaban J connectivity index is 1.88. The van der Waals surface area contributed by atoms with Gasteiger partial charge in [0.05, 0.1) is 25.0 Å². The number of nitrogens with zero attached hydrogens (tertiary/aromatic N) is 4. The van der Waals surface area contributed by atoms with Gasteiger partial charge in [-0.1, -0.05) is 83.8 Å². The average Bonchev–Trinajstić information content (AvgIpc) is 3.51. The molecule has 1 aliphatic heterocycles. The molecule has 0 spiro atoms. The molecule has 1 saturated heterocycles. The highest BCUT2D eigenvalue weighted by Gasteiger charge is 2.44. The van der Waals surface area contributed by atoms with Gasteiger partial charge in [0.25, 0.3) is 0 Å². The summed E-state index contributed by atoms with van der Waals surface area (Å²) in [4.78, 5) is 2.65. The number of aromatic nitrogens is 3. The highest BCUT2D eigenvalue weighted by molar-refractivity contribution is 4.96. The normalized spacial score (nSPS) is 24.3. The van der Waals surface area contributed by atoms with Crippen LogP contribution in [0.4, 0.5) is 0 Å².